The Hall–Kier alpha value is -1.51. The molecule has 0 heterocycles. The molecule has 0 amide bonds. The molecule has 1 aromatic carbocycles. The van der Waals surface area contributed by atoms with Crippen molar-refractivity contribution < 1.29 is 18.3 Å². The molecule has 0 aliphatic rings. The van der Waals surface area contributed by atoms with Gasteiger partial charge in [-0.1, -0.05) is 12.1 Å². The number of terminal acetylenes is 1. The molecule has 0 saturated carbocycles. The van der Waals surface area contributed by atoms with Crippen LogP contribution in [0.1, 0.15) is 23.7 Å². The quantitative estimate of drug-likeness (QED) is 0.627. The van der Waals surface area contributed by atoms with E-state index in [9.17, 15) is 18.3 Å². The first-order valence-electron chi connectivity index (χ1n) is 5.44. The Morgan fingerprint density at radius 2 is 1.89 bits per heavy atom. The fraction of sp³-hybridized carbons (Fsp3) is 0.385. The molecule has 1 aromatic rings. The average Bonchev–Trinajstić information content (AvgIpc) is 2.33. The maximum atomic E-state index is 12.3. The minimum Gasteiger partial charge on any atom is -0.387 e. The van der Waals surface area contributed by atoms with E-state index >= 15 is 0 Å². The Morgan fingerprint density at radius 3 is 2.39 bits per heavy atom. The van der Waals surface area contributed by atoms with E-state index in [2.05, 4.69) is 11.2 Å². The molecule has 2 N–H and O–H groups in total. The molecule has 0 radical (unpaired) electrons. The summed E-state index contributed by atoms with van der Waals surface area (Å²) in [5, 5.41) is 12.6. The minimum absolute atomic E-state index is 0.257. The molecule has 1 atom stereocenters. The summed E-state index contributed by atoms with van der Waals surface area (Å²) in [6.45, 7) is 0.821. The van der Waals surface area contributed by atoms with Crippen molar-refractivity contribution in [1.82, 2.24) is 5.32 Å². The lowest BCUT2D eigenvalue weighted by Gasteiger charge is -2.13. The number of alkyl halides is 3. The number of nitrogens with one attached hydrogen (secondary N) is 1. The Labute approximate surface area is 104 Å². The Balaban J connectivity index is 2.54. The van der Waals surface area contributed by atoms with E-state index in [1.54, 1.807) is 0 Å². The monoisotopic (exact) mass is 257 g/mol. The molecule has 1 rings (SSSR count). The fourth-order valence-electron chi connectivity index (χ4n) is 1.41. The van der Waals surface area contributed by atoms with Crippen LogP contribution in [0.3, 0.4) is 0 Å². The van der Waals surface area contributed by atoms with E-state index in [0.29, 0.717) is 18.5 Å². The molecule has 0 bridgehead atoms. The molecule has 0 aliphatic heterocycles. The topological polar surface area (TPSA) is 32.3 Å². The first-order chi connectivity index (χ1) is 8.45. The van der Waals surface area contributed by atoms with E-state index in [0.717, 1.165) is 12.1 Å². The first kappa shape index (κ1) is 14.6. The summed E-state index contributed by atoms with van der Waals surface area (Å²) in [5.41, 5.74) is -0.282. The van der Waals surface area contributed by atoms with Gasteiger partial charge in [0.25, 0.3) is 0 Å². The normalized spacial score (nSPS) is 13.1. The van der Waals surface area contributed by atoms with Crippen molar-refractivity contribution in [3.8, 4) is 12.3 Å². The number of halogens is 3. The van der Waals surface area contributed by atoms with Gasteiger partial charge in [-0.25, -0.2) is 0 Å². The van der Waals surface area contributed by atoms with Gasteiger partial charge >= 0.3 is 6.18 Å². The van der Waals surface area contributed by atoms with E-state index in [-0.39, 0.29) is 6.54 Å². The van der Waals surface area contributed by atoms with Crippen molar-refractivity contribution in [2.24, 2.45) is 0 Å². The molecule has 0 aromatic heterocycles. The van der Waals surface area contributed by atoms with Gasteiger partial charge in [0.15, 0.2) is 0 Å². The Bertz CT molecular complexity index is 406. The molecule has 98 valence electrons. The zero-order valence-electron chi connectivity index (χ0n) is 9.67. The maximum Gasteiger partial charge on any atom is 0.416 e. The summed E-state index contributed by atoms with van der Waals surface area (Å²) >= 11 is 0. The fourth-order valence-corrected chi connectivity index (χ4v) is 1.41. The van der Waals surface area contributed by atoms with Gasteiger partial charge in [-0.05, 0) is 17.7 Å². The Kier molecular flexibility index (Phi) is 5.20. The highest BCUT2D eigenvalue weighted by molar-refractivity contribution is 5.26. The van der Waals surface area contributed by atoms with Crippen molar-refractivity contribution in [2.45, 2.75) is 18.7 Å². The second kappa shape index (κ2) is 6.43. The minimum atomic E-state index is -4.35. The van der Waals surface area contributed by atoms with Gasteiger partial charge in [0.1, 0.15) is 0 Å². The summed E-state index contributed by atoms with van der Waals surface area (Å²) < 4.78 is 36.9. The van der Waals surface area contributed by atoms with Crippen LogP contribution in [0.4, 0.5) is 13.2 Å². The lowest BCUT2D eigenvalue weighted by Crippen LogP contribution is -2.22. The summed E-state index contributed by atoms with van der Waals surface area (Å²) in [6, 6.07) is 4.46. The summed E-state index contributed by atoms with van der Waals surface area (Å²) in [6.07, 6.45) is 0.401. The van der Waals surface area contributed by atoms with Crippen molar-refractivity contribution in [2.75, 3.05) is 13.1 Å². The number of aliphatic hydroxyl groups excluding tert-OH is 1. The zero-order valence-corrected chi connectivity index (χ0v) is 9.67. The van der Waals surface area contributed by atoms with E-state index in [1.807, 2.05) is 0 Å². The van der Waals surface area contributed by atoms with Crippen molar-refractivity contribution in [1.29, 1.82) is 0 Å². The van der Waals surface area contributed by atoms with Crippen molar-refractivity contribution >= 4 is 0 Å². The third-order valence-electron chi connectivity index (χ3n) is 2.41. The van der Waals surface area contributed by atoms with Gasteiger partial charge in [0.2, 0.25) is 0 Å². The average molecular weight is 257 g/mol. The smallest absolute Gasteiger partial charge is 0.387 e. The van der Waals surface area contributed by atoms with Gasteiger partial charge in [-0.3, -0.25) is 0 Å². The van der Waals surface area contributed by atoms with Crippen LogP contribution < -0.4 is 5.32 Å². The van der Waals surface area contributed by atoms with Crippen LogP contribution in [0.25, 0.3) is 0 Å². The van der Waals surface area contributed by atoms with Crippen LogP contribution in [0.15, 0.2) is 24.3 Å². The molecule has 0 saturated heterocycles. The van der Waals surface area contributed by atoms with E-state index in [1.165, 1.54) is 12.1 Å². The predicted molar refractivity (Wildman–Crippen MR) is 62.7 cm³/mol. The maximum absolute atomic E-state index is 12.3. The highest BCUT2D eigenvalue weighted by Crippen LogP contribution is 2.29. The van der Waals surface area contributed by atoms with Crippen LogP contribution in [0.2, 0.25) is 0 Å². The van der Waals surface area contributed by atoms with Crippen molar-refractivity contribution in [3.63, 3.8) is 0 Å². The molecule has 0 spiro atoms. The highest BCUT2D eigenvalue weighted by atomic mass is 19.4. The SMILES string of the molecule is C#CCCNCC(O)c1ccc(C(F)(F)F)cc1. The lowest BCUT2D eigenvalue weighted by molar-refractivity contribution is -0.137. The van der Waals surface area contributed by atoms with Gasteiger partial charge in [-0.15, -0.1) is 12.3 Å². The predicted octanol–water partition coefficient (Wildman–Crippen LogP) is 2.35. The third kappa shape index (κ3) is 4.40. The van der Waals surface area contributed by atoms with Gasteiger partial charge in [0, 0.05) is 19.5 Å². The van der Waals surface area contributed by atoms with Crippen LogP contribution in [0, 0.1) is 12.3 Å². The molecular formula is C13H14F3NO. The molecule has 0 aliphatic carbocycles. The molecular weight excluding hydrogens is 243 g/mol. The summed E-state index contributed by atoms with van der Waals surface area (Å²) in [5.74, 6) is 2.44. The number of benzene rings is 1. The largest absolute Gasteiger partial charge is 0.416 e. The standard InChI is InChI=1S/C13H14F3NO/c1-2-3-8-17-9-12(18)10-4-6-11(7-5-10)13(14,15)16/h1,4-7,12,17-18H,3,8-9H2. The molecule has 18 heavy (non-hydrogen) atoms. The van der Waals surface area contributed by atoms with Crippen LogP contribution in [0.5, 0.6) is 0 Å². The number of rotatable bonds is 5. The number of hydrogen-bond donors (Lipinski definition) is 2. The number of hydrogen-bond acceptors (Lipinski definition) is 2. The van der Waals surface area contributed by atoms with Crippen molar-refractivity contribution in [3.05, 3.63) is 35.4 Å². The summed E-state index contributed by atoms with van der Waals surface area (Å²) in [4.78, 5) is 0. The second-order valence-corrected chi connectivity index (χ2v) is 3.79. The van der Waals surface area contributed by atoms with Crippen LogP contribution in [-0.4, -0.2) is 18.2 Å². The summed E-state index contributed by atoms with van der Waals surface area (Å²) in [7, 11) is 0. The molecule has 1 unspecified atom stereocenters. The van der Waals surface area contributed by atoms with E-state index in [4.69, 9.17) is 6.42 Å². The van der Waals surface area contributed by atoms with Crippen LogP contribution >= 0.6 is 0 Å². The molecule has 5 heteroatoms. The highest BCUT2D eigenvalue weighted by Gasteiger charge is 2.30. The van der Waals surface area contributed by atoms with Gasteiger partial charge in [-0.2, -0.15) is 13.2 Å². The lowest BCUT2D eigenvalue weighted by atomic mass is 10.1. The van der Waals surface area contributed by atoms with Gasteiger partial charge < -0.3 is 10.4 Å². The zero-order chi connectivity index (χ0) is 13.6. The Morgan fingerprint density at radius 1 is 1.28 bits per heavy atom. The molecule has 2 nitrogen and oxygen atoms in total. The second-order valence-electron chi connectivity index (χ2n) is 3.79. The van der Waals surface area contributed by atoms with E-state index < -0.39 is 17.8 Å². The van der Waals surface area contributed by atoms with Gasteiger partial charge in [0.05, 0.1) is 11.7 Å². The third-order valence-corrected chi connectivity index (χ3v) is 2.41. The number of aliphatic hydroxyl groups is 1. The van der Waals surface area contributed by atoms with Crippen LogP contribution in [-0.2, 0) is 6.18 Å². The first-order valence-corrected chi connectivity index (χ1v) is 5.44. The molecule has 0 fully saturated rings.